The lowest BCUT2D eigenvalue weighted by Crippen LogP contribution is -2.36. The number of hydrogen-bond acceptors (Lipinski definition) is 3. The number of aromatic nitrogens is 1. The van der Waals surface area contributed by atoms with Crippen molar-refractivity contribution in [2.45, 2.75) is 32.9 Å². The topological polar surface area (TPSA) is 64.2 Å². The van der Waals surface area contributed by atoms with Crippen molar-refractivity contribution in [3.05, 3.63) is 33.8 Å². The van der Waals surface area contributed by atoms with Crippen LogP contribution in [-0.2, 0) is 11.3 Å². The van der Waals surface area contributed by atoms with Crippen LogP contribution in [0.4, 0.5) is 0 Å². The first kappa shape index (κ1) is 13.7. The smallest absolute Gasteiger partial charge is 0.408 e. The molecular formula is C13H15ClN2O3. The molecule has 0 saturated carbocycles. The molecule has 2 aromatic rings. The van der Waals surface area contributed by atoms with E-state index in [1.54, 1.807) is 18.2 Å². The Balaban J connectivity index is 2.28. The maximum Gasteiger partial charge on any atom is 0.420 e. The number of hydrogen-bond donors (Lipinski definition) is 1. The predicted octanol–water partition coefficient (Wildman–Crippen LogP) is 2.16. The number of oxazole rings is 1. The van der Waals surface area contributed by atoms with Gasteiger partial charge in [0.05, 0.1) is 5.52 Å². The molecule has 1 aromatic heterocycles. The first-order chi connectivity index (χ1) is 9.01. The lowest BCUT2D eigenvalue weighted by atomic mass is 10.2. The van der Waals surface area contributed by atoms with E-state index < -0.39 is 5.76 Å². The van der Waals surface area contributed by atoms with Crippen molar-refractivity contribution in [3.63, 3.8) is 0 Å². The van der Waals surface area contributed by atoms with Crippen LogP contribution in [0.3, 0.4) is 0 Å². The van der Waals surface area contributed by atoms with Crippen LogP contribution in [0.25, 0.3) is 11.1 Å². The van der Waals surface area contributed by atoms with Crippen LogP contribution in [0.1, 0.15) is 20.3 Å². The minimum absolute atomic E-state index is 0.0577. The highest BCUT2D eigenvalue weighted by Crippen LogP contribution is 2.18. The standard InChI is InChI=1S/C13H15ClN2O3/c1-3-8(2)15-12(17)7-16-10-5-4-9(14)6-11(10)19-13(16)18/h4-6,8H,3,7H2,1-2H3,(H,15,17)/t8-/m0/s1. The number of nitrogens with zero attached hydrogens (tertiary/aromatic N) is 1. The monoisotopic (exact) mass is 282 g/mol. The van der Waals surface area contributed by atoms with Crippen molar-refractivity contribution in [2.75, 3.05) is 0 Å². The molecule has 0 spiro atoms. The fourth-order valence-electron chi connectivity index (χ4n) is 1.76. The molecule has 0 aliphatic carbocycles. The molecule has 0 radical (unpaired) electrons. The molecule has 1 amide bonds. The second-order valence-electron chi connectivity index (χ2n) is 4.44. The molecule has 1 heterocycles. The van der Waals surface area contributed by atoms with Gasteiger partial charge >= 0.3 is 5.76 Å². The zero-order valence-corrected chi connectivity index (χ0v) is 11.5. The van der Waals surface area contributed by atoms with Crippen LogP contribution >= 0.6 is 11.6 Å². The molecule has 2 rings (SSSR count). The van der Waals surface area contributed by atoms with Crippen molar-refractivity contribution < 1.29 is 9.21 Å². The van der Waals surface area contributed by atoms with Crippen molar-refractivity contribution in [1.82, 2.24) is 9.88 Å². The lowest BCUT2D eigenvalue weighted by molar-refractivity contribution is -0.122. The van der Waals surface area contributed by atoms with Gasteiger partial charge in [-0.1, -0.05) is 18.5 Å². The lowest BCUT2D eigenvalue weighted by Gasteiger charge is -2.11. The van der Waals surface area contributed by atoms with Gasteiger partial charge in [0.2, 0.25) is 5.91 Å². The summed E-state index contributed by atoms with van der Waals surface area (Å²) in [6.45, 7) is 3.83. The summed E-state index contributed by atoms with van der Waals surface area (Å²) >= 11 is 5.82. The maximum absolute atomic E-state index is 11.8. The summed E-state index contributed by atoms with van der Waals surface area (Å²) in [6, 6.07) is 4.96. The van der Waals surface area contributed by atoms with Crippen LogP contribution in [0, 0.1) is 0 Å². The van der Waals surface area contributed by atoms with Gasteiger partial charge in [-0.25, -0.2) is 4.79 Å². The highest BCUT2D eigenvalue weighted by molar-refractivity contribution is 6.31. The van der Waals surface area contributed by atoms with E-state index in [1.165, 1.54) is 4.57 Å². The van der Waals surface area contributed by atoms with Gasteiger partial charge in [0, 0.05) is 17.1 Å². The van der Waals surface area contributed by atoms with E-state index in [2.05, 4.69) is 5.32 Å². The third-order valence-electron chi connectivity index (χ3n) is 2.95. The molecule has 1 aromatic carbocycles. The summed E-state index contributed by atoms with van der Waals surface area (Å²) in [4.78, 5) is 23.5. The Labute approximate surface area is 115 Å². The van der Waals surface area contributed by atoms with Crippen molar-refractivity contribution in [1.29, 1.82) is 0 Å². The number of carbonyl (C=O) groups excluding carboxylic acids is 1. The molecule has 0 aliphatic rings. The minimum Gasteiger partial charge on any atom is -0.408 e. The van der Waals surface area contributed by atoms with Gasteiger partial charge in [0.1, 0.15) is 6.54 Å². The van der Waals surface area contributed by atoms with E-state index in [1.807, 2.05) is 13.8 Å². The van der Waals surface area contributed by atoms with E-state index in [-0.39, 0.29) is 18.5 Å². The Hall–Kier alpha value is -1.75. The van der Waals surface area contributed by atoms with Gasteiger partial charge in [-0.3, -0.25) is 9.36 Å². The van der Waals surface area contributed by atoms with E-state index in [4.69, 9.17) is 16.0 Å². The summed E-state index contributed by atoms with van der Waals surface area (Å²) in [5, 5.41) is 3.29. The Morgan fingerprint density at radius 3 is 2.95 bits per heavy atom. The van der Waals surface area contributed by atoms with Crippen LogP contribution in [0.2, 0.25) is 5.02 Å². The summed E-state index contributed by atoms with van der Waals surface area (Å²) in [5.74, 6) is -0.773. The molecule has 5 nitrogen and oxygen atoms in total. The van der Waals surface area contributed by atoms with Gasteiger partial charge in [-0.2, -0.15) is 0 Å². The Morgan fingerprint density at radius 2 is 2.26 bits per heavy atom. The Kier molecular flexibility index (Phi) is 3.95. The van der Waals surface area contributed by atoms with Gasteiger partial charge in [0.25, 0.3) is 0 Å². The number of fused-ring (bicyclic) bond motifs is 1. The van der Waals surface area contributed by atoms with Crippen LogP contribution < -0.4 is 11.1 Å². The van der Waals surface area contributed by atoms with Gasteiger partial charge in [0.15, 0.2) is 5.58 Å². The molecule has 6 heteroatoms. The number of halogens is 1. The van der Waals surface area contributed by atoms with Crippen molar-refractivity contribution >= 4 is 28.6 Å². The molecule has 1 N–H and O–H groups in total. The number of carbonyl (C=O) groups is 1. The number of nitrogens with one attached hydrogen (secondary N) is 1. The fourth-order valence-corrected chi connectivity index (χ4v) is 1.92. The third kappa shape index (κ3) is 2.98. The first-order valence-electron chi connectivity index (χ1n) is 6.09. The highest BCUT2D eigenvalue weighted by Gasteiger charge is 2.13. The number of rotatable bonds is 4. The van der Waals surface area contributed by atoms with Gasteiger partial charge in [-0.05, 0) is 25.5 Å². The Bertz CT molecular complexity index is 659. The van der Waals surface area contributed by atoms with E-state index >= 15 is 0 Å². The minimum atomic E-state index is -0.559. The predicted molar refractivity (Wildman–Crippen MR) is 73.4 cm³/mol. The molecule has 0 unspecified atom stereocenters. The second-order valence-corrected chi connectivity index (χ2v) is 4.88. The summed E-state index contributed by atoms with van der Waals surface area (Å²) in [5.41, 5.74) is 0.947. The van der Waals surface area contributed by atoms with E-state index in [0.29, 0.717) is 16.1 Å². The molecule has 102 valence electrons. The SMILES string of the molecule is CC[C@H](C)NC(=O)Cn1c(=O)oc2cc(Cl)ccc21. The quantitative estimate of drug-likeness (QED) is 0.935. The van der Waals surface area contributed by atoms with Crippen LogP contribution in [0.5, 0.6) is 0 Å². The van der Waals surface area contributed by atoms with E-state index in [9.17, 15) is 9.59 Å². The highest BCUT2D eigenvalue weighted by atomic mass is 35.5. The maximum atomic E-state index is 11.8. The Morgan fingerprint density at radius 1 is 1.53 bits per heavy atom. The molecule has 0 fully saturated rings. The molecule has 1 atom stereocenters. The summed E-state index contributed by atoms with van der Waals surface area (Å²) < 4.78 is 6.35. The number of amides is 1. The average molecular weight is 283 g/mol. The average Bonchev–Trinajstić information content (AvgIpc) is 2.64. The van der Waals surface area contributed by atoms with Gasteiger partial charge in [-0.15, -0.1) is 0 Å². The number of benzene rings is 1. The van der Waals surface area contributed by atoms with Gasteiger partial charge < -0.3 is 9.73 Å². The van der Waals surface area contributed by atoms with Crippen molar-refractivity contribution in [2.24, 2.45) is 0 Å². The zero-order chi connectivity index (χ0) is 14.0. The van der Waals surface area contributed by atoms with Crippen LogP contribution in [-0.4, -0.2) is 16.5 Å². The zero-order valence-electron chi connectivity index (χ0n) is 10.8. The molecule has 0 aliphatic heterocycles. The van der Waals surface area contributed by atoms with E-state index in [0.717, 1.165) is 6.42 Å². The fraction of sp³-hybridized carbons (Fsp3) is 0.385. The molecule has 0 saturated heterocycles. The summed E-state index contributed by atoms with van der Waals surface area (Å²) in [7, 11) is 0. The largest absolute Gasteiger partial charge is 0.420 e. The van der Waals surface area contributed by atoms with Crippen LogP contribution in [0.15, 0.2) is 27.4 Å². The third-order valence-corrected chi connectivity index (χ3v) is 3.19. The second kappa shape index (κ2) is 5.48. The normalized spacial score (nSPS) is 12.6. The molecular weight excluding hydrogens is 268 g/mol. The molecule has 19 heavy (non-hydrogen) atoms. The van der Waals surface area contributed by atoms with Crippen molar-refractivity contribution in [3.8, 4) is 0 Å². The molecule has 0 bridgehead atoms. The first-order valence-corrected chi connectivity index (χ1v) is 6.47. The summed E-state index contributed by atoms with van der Waals surface area (Å²) in [6.07, 6.45) is 0.836.